The van der Waals surface area contributed by atoms with Gasteiger partial charge in [0.05, 0.1) is 5.69 Å². The van der Waals surface area contributed by atoms with E-state index >= 15 is 0 Å². The number of aryl methyl sites for hydroxylation is 2. The standard InChI is InChI=1S/C19H34N4O/c1-14-8-7-11-23(12-14)19(4,5)13-20-18(24)10-9-17-15(2)21-22(6)16(17)3/h14H,7-13H2,1-6H3,(H,20,24)/t14-/m1/s1. The number of hydrogen-bond acceptors (Lipinski definition) is 3. The smallest absolute Gasteiger partial charge is 0.220 e. The van der Waals surface area contributed by atoms with Gasteiger partial charge in [-0.05, 0) is 65.0 Å². The van der Waals surface area contributed by atoms with Crippen molar-refractivity contribution in [1.82, 2.24) is 20.0 Å². The number of nitrogens with one attached hydrogen (secondary N) is 1. The number of nitrogens with zero attached hydrogens (tertiary/aromatic N) is 3. The lowest BCUT2D eigenvalue weighted by molar-refractivity contribution is -0.121. The maximum atomic E-state index is 12.3. The number of carbonyl (C=O) groups excluding carboxylic acids is 1. The van der Waals surface area contributed by atoms with Gasteiger partial charge in [-0.25, -0.2) is 0 Å². The van der Waals surface area contributed by atoms with Gasteiger partial charge in [-0.1, -0.05) is 6.92 Å². The summed E-state index contributed by atoms with van der Waals surface area (Å²) in [6, 6.07) is 0. The second kappa shape index (κ2) is 7.68. The molecule has 2 rings (SSSR count). The summed E-state index contributed by atoms with van der Waals surface area (Å²) in [4.78, 5) is 14.8. The Morgan fingerprint density at radius 2 is 2.08 bits per heavy atom. The molecule has 0 spiro atoms. The van der Waals surface area contributed by atoms with Crippen molar-refractivity contribution in [3.63, 3.8) is 0 Å². The van der Waals surface area contributed by atoms with Crippen LogP contribution in [0.2, 0.25) is 0 Å². The highest BCUT2D eigenvalue weighted by atomic mass is 16.1. The van der Waals surface area contributed by atoms with E-state index in [2.05, 4.69) is 43.0 Å². The second-order valence-corrected chi connectivity index (χ2v) is 8.06. The predicted molar refractivity (Wildman–Crippen MR) is 98.1 cm³/mol. The lowest BCUT2D eigenvalue weighted by Crippen LogP contribution is -2.54. The van der Waals surface area contributed by atoms with E-state index in [1.807, 2.05) is 18.7 Å². The number of carbonyl (C=O) groups is 1. The van der Waals surface area contributed by atoms with Crippen LogP contribution in [0.15, 0.2) is 0 Å². The van der Waals surface area contributed by atoms with Crippen molar-refractivity contribution in [1.29, 1.82) is 0 Å². The highest BCUT2D eigenvalue weighted by Crippen LogP contribution is 2.23. The van der Waals surface area contributed by atoms with Crippen LogP contribution in [0.3, 0.4) is 0 Å². The Morgan fingerprint density at radius 3 is 2.67 bits per heavy atom. The molecule has 1 aliphatic heterocycles. The summed E-state index contributed by atoms with van der Waals surface area (Å²) < 4.78 is 1.89. The van der Waals surface area contributed by atoms with Crippen molar-refractivity contribution in [2.24, 2.45) is 13.0 Å². The summed E-state index contributed by atoms with van der Waals surface area (Å²) in [7, 11) is 1.95. The van der Waals surface area contributed by atoms with Crippen LogP contribution in [0, 0.1) is 19.8 Å². The monoisotopic (exact) mass is 334 g/mol. The number of amides is 1. The summed E-state index contributed by atoms with van der Waals surface area (Å²) in [5.74, 6) is 0.890. The molecule has 1 fully saturated rings. The molecule has 1 aliphatic rings. The zero-order valence-corrected chi connectivity index (χ0v) is 16.3. The highest BCUT2D eigenvalue weighted by molar-refractivity contribution is 5.76. The van der Waals surface area contributed by atoms with Crippen molar-refractivity contribution in [3.8, 4) is 0 Å². The van der Waals surface area contributed by atoms with E-state index in [1.165, 1.54) is 18.4 Å². The van der Waals surface area contributed by atoms with Crippen molar-refractivity contribution in [3.05, 3.63) is 17.0 Å². The summed E-state index contributed by atoms with van der Waals surface area (Å²) in [6.07, 6.45) is 3.87. The number of rotatable bonds is 6. The lowest BCUT2D eigenvalue weighted by atomic mass is 9.93. The molecule has 0 radical (unpaired) electrons. The second-order valence-electron chi connectivity index (χ2n) is 8.06. The fourth-order valence-electron chi connectivity index (χ4n) is 3.67. The van der Waals surface area contributed by atoms with Gasteiger partial charge < -0.3 is 5.32 Å². The summed E-state index contributed by atoms with van der Waals surface area (Å²) >= 11 is 0. The molecule has 0 bridgehead atoms. The average Bonchev–Trinajstić information content (AvgIpc) is 2.76. The zero-order valence-electron chi connectivity index (χ0n) is 16.3. The maximum absolute atomic E-state index is 12.3. The third-order valence-corrected chi connectivity index (χ3v) is 5.49. The Balaban J connectivity index is 1.82. The molecular formula is C19H34N4O. The van der Waals surface area contributed by atoms with Crippen molar-refractivity contribution < 1.29 is 4.79 Å². The minimum atomic E-state index is 0.0183. The molecule has 1 N–H and O–H groups in total. The Hall–Kier alpha value is -1.36. The van der Waals surface area contributed by atoms with E-state index in [9.17, 15) is 4.79 Å². The molecule has 0 unspecified atom stereocenters. The molecule has 0 aliphatic carbocycles. The average molecular weight is 335 g/mol. The van der Waals surface area contributed by atoms with Crippen LogP contribution in [0.25, 0.3) is 0 Å². The van der Waals surface area contributed by atoms with Crippen LogP contribution in [-0.2, 0) is 18.3 Å². The number of piperidine rings is 1. The van der Waals surface area contributed by atoms with Gasteiger partial charge in [0, 0.05) is 37.8 Å². The normalized spacial score (nSPS) is 19.5. The minimum Gasteiger partial charge on any atom is -0.354 e. The molecule has 5 heteroatoms. The molecule has 0 saturated carbocycles. The van der Waals surface area contributed by atoms with E-state index in [0.29, 0.717) is 13.0 Å². The van der Waals surface area contributed by atoms with Crippen LogP contribution in [0.5, 0.6) is 0 Å². The van der Waals surface area contributed by atoms with Crippen molar-refractivity contribution >= 4 is 5.91 Å². The molecule has 5 nitrogen and oxygen atoms in total. The SMILES string of the molecule is Cc1nn(C)c(C)c1CCC(=O)NCC(C)(C)N1CCC[C@@H](C)C1. The van der Waals surface area contributed by atoms with Crippen LogP contribution >= 0.6 is 0 Å². The van der Waals surface area contributed by atoms with Crippen LogP contribution in [-0.4, -0.2) is 45.8 Å². The van der Waals surface area contributed by atoms with E-state index < -0.39 is 0 Å². The van der Waals surface area contributed by atoms with Gasteiger partial charge in [-0.3, -0.25) is 14.4 Å². The molecule has 1 aromatic heterocycles. The Labute approximate surface area is 146 Å². The Morgan fingerprint density at radius 1 is 1.38 bits per heavy atom. The third-order valence-electron chi connectivity index (χ3n) is 5.49. The van der Waals surface area contributed by atoms with Gasteiger partial charge in [0.2, 0.25) is 5.91 Å². The topological polar surface area (TPSA) is 50.2 Å². The maximum Gasteiger partial charge on any atom is 0.220 e. The highest BCUT2D eigenvalue weighted by Gasteiger charge is 2.30. The van der Waals surface area contributed by atoms with Gasteiger partial charge >= 0.3 is 0 Å². The first kappa shape index (κ1) is 19.0. The summed E-state index contributed by atoms with van der Waals surface area (Å²) in [5, 5.41) is 7.56. The summed E-state index contributed by atoms with van der Waals surface area (Å²) in [5.41, 5.74) is 3.41. The van der Waals surface area contributed by atoms with Crippen LogP contribution in [0.4, 0.5) is 0 Å². The van der Waals surface area contributed by atoms with Gasteiger partial charge in [0.25, 0.3) is 0 Å². The summed E-state index contributed by atoms with van der Waals surface area (Å²) in [6.45, 7) is 13.9. The van der Waals surface area contributed by atoms with E-state index in [4.69, 9.17) is 0 Å². The molecule has 1 amide bonds. The van der Waals surface area contributed by atoms with Crippen LogP contribution < -0.4 is 5.32 Å². The van der Waals surface area contributed by atoms with Crippen molar-refractivity contribution in [2.45, 2.75) is 65.8 Å². The lowest BCUT2D eigenvalue weighted by Gasteiger charge is -2.43. The number of likely N-dealkylation sites (tertiary alicyclic amines) is 1. The van der Waals surface area contributed by atoms with Gasteiger partial charge in [0.1, 0.15) is 0 Å². The first-order valence-electron chi connectivity index (χ1n) is 9.21. The fraction of sp³-hybridized carbons (Fsp3) is 0.789. The van der Waals surface area contributed by atoms with E-state index in [0.717, 1.165) is 36.8 Å². The fourth-order valence-corrected chi connectivity index (χ4v) is 3.67. The van der Waals surface area contributed by atoms with Gasteiger partial charge in [-0.2, -0.15) is 5.10 Å². The molecule has 0 aromatic carbocycles. The first-order chi connectivity index (χ1) is 11.2. The van der Waals surface area contributed by atoms with E-state index in [-0.39, 0.29) is 11.4 Å². The largest absolute Gasteiger partial charge is 0.354 e. The molecule has 2 heterocycles. The zero-order chi connectivity index (χ0) is 17.9. The predicted octanol–water partition coefficient (Wildman–Crippen LogP) is 2.60. The number of hydrogen-bond donors (Lipinski definition) is 1. The molecular weight excluding hydrogens is 300 g/mol. The number of aromatic nitrogens is 2. The molecule has 24 heavy (non-hydrogen) atoms. The Bertz CT molecular complexity index is 576. The first-order valence-corrected chi connectivity index (χ1v) is 9.21. The third kappa shape index (κ3) is 4.59. The molecule has 136 valence electrons. The van der Waals surface area contributed by atoms with Crippen molar-refractivity contribution in [2.75, 3.05) is 19.6 Å². The van der Waals surface area contributed by atoms with Gasteiger partial charge in [0.15, 0.2) is 0 Å². The Kier molecular flexibility index (Phi) is 6.07. The van der Waals surface area contributed by atoms with Gasteiger partial charge in [-0.15, -0.1) is 0 Å². The quantitative estimate of drug-likeness (QED) is 0.870. The minimum absolute atomic E-state index is 0.0183. The van der Waals surface area contributed by atoms with E-state index in [1.54, 1.807) is 0 Å². The molecule has 1 atom stereocenters. The molecule has 1 saturated heterocycles. The van der Waals surface area contributed by atoms with Crippen LogP contribution in [0.1, 0.15) is 57.0 Å². The molecule has 1 aromatic rings.